The maximum atomic E-state index is 6.03. The van der Waals surface area contributed by atoms with Gasteiger partial charge in [0.15, 0.2) is 0 Å². The first kappa shape index (κ1) is 16.0. The van der Waals surface area contributed by atoms with E-state index in [0.717, 1.165) is 29.3 Å². The number of aromatic nitrogens is 1. The van der Waals surface area contributed by atoms with Crippen molar-refractivity contribution in [2.24, 2.45) is 5.73 Å². The first-order chi connectivity index (χ1) is 9.99. The molecule has 1 atom stereocenters. The van der Waals surface area contributed by atoms with E-state index < -0.39 is 0 Å². The number of benzene rings is 1. The number of thiazole rings is 1. The lowest BCUT2D eigenvalue weighted by Gasteiger charge is -2.06. The molecule has 0 aliphatic rings. The van der Waals surface area contributed by atoms with Crippen molar-refractivity contribution >= 4 is 11.3 Å². The highest BCUT2D eigenvalue weighted by atomic mass is 32.1. The summed E-state index contributed by atoms with van der Waals surface area (Å²) in [4.78, 5) is 5.89. The van der Waals surface area contributed by atoms with Crippen LogP contribution in [0.5, 0.6) is 5.75 Å². The summed E-state index contributed by atoms with van der Waals surface area (Å²) >= 11 is 1.67. The second-order valence-electron chi connectivity index (χ2n) is 5.57. The number of nitrogens with zero attached hydrogens (tertiary/aromatic N) is 1. The van der Waals surface area contributed by atoms with E-state index in [1.807, 2.05) is 6.92 Å². The Balaban J connectivity index is 2.10. The standard InChI is InChI=1S/C17H24N2OS/c1-5-6-15-17(13(4)18)21-16(19-15)10-20-14-8-11(2)7-12(3)9-14/h7-9,13H,5-6,10,18H2,1-4H3. The molecular weight excluding hydrogens is 280 g/mol. The first-order valence-corrected chi connectivity index (χ1v) is 8.26. The molecule has 0 bridgehead atoms. The van der Waals surface area contributed by atoms with Crippen LogP contribution in [0.1, 0.15) is 53.0 Å². The van der Waals surface area contributed by atoms with Gasteiger partial charge in [-0.2, -0.15) is 0 Å². The van der Waals surface area contributed by atoms with Gasteiger partial charge in [-0.25, -0.2) is 4.98 Å². The van der Waals surface area contributed by atoms with Gasteiger partial charge in [-0.15, -0.1) is 11.3 Å². The van der Waals surface area contributed by atoms with Gasteiger partial charge >= 0.3 is 0 Å². The van der Waals surface area contributed by atoms with Crippen molar-refractivity contribution in [3.63, 3.8) is 0 Å². The molecule has 21 heavy (non-hydrogen) atoms. The minimum absolute atomic E-state index is 0.0408. The molecule has 0 aliphatic heterocycles. The molecule has 0 spiro atoms. The third kappa shape index (κ3) is 4.29. The van der Waals surface area contributed by atoms with Crippen LogP contribution < -0.4 is 10.5 Å². The van der Waals surface area contributed by atoms with Gasteiger partial charge in [-0.1, -0.05) is 19.4 Å². The van der Waals surface area contributed by atoms with Crippen LogP contribution in [-0.4, -0.2) is 4.98 Å². The van der Waals surface area contributed by atoms with Gasteiger partial charge in [-0.3, -0.25) is 0 Å². The molecule has 0 saturated carbocycles. The molecule has 114 valence electrons. The molecular formula is C17H24N2OS. The molecule has 1 heterocycles. The van der Waals surface area contributed by atoms with Crippen molar-refractivity contribution < 1.29 is 4.74 Å². The number of ether oxygens (including phenoxy) is 1. The van der Waals surface area contributed by atoms with E-state index in [0.29, 0.717) is 6.61 Å². The van der Waals surface area contributed by atoms with Gasteiger partial charge < -0.3 is 10.5 Å². The Bertz CT molecular complexity index is 585. The van der Waals surface area contributed by atoms with Crippen LogP contribution in [-0.2, 0) is 13.0 Å². The summed E-state index contributed by atoms with van der Waals surface area (Å²) in [5, 5.41) is 1.00. The predicted molar refractivity (Wildman–Crippen MR) is 89.0 cm³/mol. The van der Waals surface area contributed by atoms with Crippen LogP contribution in [0.3, 0.4) is 0 Å². The lowest BCUT2D eigenvalue weighted by atomic mass is 10.1. The quantitative estimate of drug-likeness (QED) is 0.865. The Morgan fingerprint density at radius 1 is 1.24 bits per heavy atom. The van der Waals surface area contributed by atoms with E-state index >= 15 is 0 Å². The Morgan fingerprint density at radius 2 is 1.90 bits per heavy atom. The molecule has 2 N–H and O–H groups in total. The van der Waals surface area contributed by atoms with Crippen LogP contribution in [0.4, 0.5) is 0 Å². The highest BCUT2D eigenvalue weighted by Gasteiger charge is 2.14. The van der Waals surface area contributed by atoms with Crippen LogP contribution in [0.25, 0.3) is 0 Å². The fourth-order valence-electron chi connectivity index (χ4n) is 2.41. The van der Waals surface area contributed by atoms with Gasteiger partial charge in [0.2, 0.25) is 0 Å². The number of hydrogen-bond donors (Lipinski definition) is 1. The summed E-state index contributed by atoms with van der Waals surface area (Å²) in [6.07, 6.45) is 2.07. The molecule has 1 aromatic carbocycles. The summed E-state index contributed by atoms with van der Waals surface area (Å²) < 4.78 is 5.89. The fraction of sp³-hybridized carbons (Fsp3) is 0.471. The van der Waals surface area contributed by atoms with Gasteiger partial charge in [-0.05, 0) is 50.5 Å². The van der Waals surface area contributed by atoms with Crippen molar-refractivity contribution in [2.75, 3.05) is 0 Å². The Kier molecular flexibility index (Phi) is 5.37. The van der Waals surface area contributed by atoms with E-state index in [4.69, 9.17) is 15.5 Å². The third-order valence-corrected chi connectivity index (χ3v) is 4.50. The molecule has 2 aromatic rings. The van der Waals surface area contributed by atoms with Gasteiger partial charge in [0, 0.05) is 10.9 Å². The van der Waals surface area contributed by atoms with Crippen LogP contribution in [0, 0.1) is 13.8 Å². The van der Waals surface area contributed by atoms with E-state index in [-0.39, 0.29) is 6.04 Å². The van der Waals surface area contributed by atoms with Crippen molar-refractivity contribution in [1.82, 2.24) is 4.98 Å². The van der Waals surface area contributed by atoms with Gasteiger partial charge in [0.25, 0.3) is 0 Å². The lowest BCUT2D eigenvalue weighted by Crippen LogP contribution is -2.05. The lowest BCUT2D eigenvalue weighted by molar-refractivity contribution is 0.305. The van der Waals surface area contributed by atoms with E-state index in [2.05, 4.69) is 39.0 Å². The maximum Gasteiger partial charge on any atom is 0.140 e. The molecule has 0 radical (unpaired) electrons. The molecule has 4 heteroatoms. The summed E-state index contributed by atoms with van der Waals surface area (Å²) in [6.45, 7) is 8.85. The Morgan fingerprint density at radius 3 is 2.48 bits per heavy atom. The molecule has 2 rings (SSSR count). The zero-order chi connectivity index (χ0) is 15.4. The van der Waals surface area contributed by atoms with Gasteiger partial charge in [0.1, 0.15) is 17.4 Å². The summed E-state index contributed by atoms with van der Waals surface area (Å²) in [5.74, 6) is 0.905. The van der Waals surface area contributed by atoms with Crippen molar-refractivity contribution in [3.05, 3.63) is 44.9 Å². The number of rotatable bonds is 6. The first-order valence-electron chi connectivity index (χ1n) is 7.44. The van der Waals surface area contributed by atoms with E-state index in [9.17, 15) is 0 Å². The minimum atomic E-state index is 0.0408. The predicted octanol–water partition coefficient (Wildman–Crippen LogP) is 4.31. The summed E-state index contributed by atoms with van der Waals surface area (Å²) in [7, 11) is 0. The highest BCUT2D eigenvalue weighted by molar-refractivity contribution is 7.11. The zero-order valence-electron chi connectivity index (χ0n) is 13.3. The van der Waals surface area contributed by atoms with Crippen molar-refractivity contribution in [3.8, 4) is 5.75 Å². The highest BCUT2D eigenvalue weighted by Crippen LogP contribution is 2.26. The maximum absolute atomic E-state index is 6.03. The number of nitrogens with two attached hydrogens (primary N) is 1. The molecule has 0 fully saturated rings. The van der Waals surface area contributed by atoms with E-state index in [1.54, 1.807) is 11.3 Å². The molecule has 0 saturated heterocycles. The summed E-state index contributed by atoms with van der Waals surface area (Å²) in [6, 6.07) is 6.29. The van der Waals surface area contributed by atoms with Crippen LogP contribution >= 0.6 is 11.3 Å². The zero-order valence-corrected chi connectivity index (χ0v) is 14.1. The van der Waals surface area contributed by atoms with Gasteiger partial charge in [0.05, 0.1) is 5.69 Å². The van der Waals surface area contributed by atoms with E-state index in [1.165, 1.54) is 16.0 Å². The molecule has 0 aliphatic carbocycles. The van der Waals surface area contributed by atoms with Crippen LogP contribution in [0.2, 0.25) is 0 Å². The fourth-order valence-corrected chi connectivity index (χ4v) is 3.39. The average Bonchev–Trinajstić information content (AvgIpc) is 2.79. The monoisotopic (exact) mass is 304 g/mol. The largest absolute Gasteiger partial charge is 0.486 e. The molecule has 3 nitrogen and oxygen atoms in total. The second kappa shape index (κ2) is 7.05. The normalized spacial score (nSPS) is 12.4. The van der Waals surface area contributed by atoms with Crippen molar-refractivity contribution in [1.29, 1.82) is 0 Å². The minimum Gasteiger partial charge on any atom is -0.486 e. The average molecular weight is 304 g/mol. The SMILES string of the molecule is CCCc1nc(COc2cc(C)cc(C)c2)sc1C(C)N. The number of hydrogen-bond acceptors (Lipinski definition) is 4. The molecule has 1 unspecified atom stereocenters. The van der Waals surface area contributed by atoms with Crippen LogP contribution in [0.15, 0.2) is 18.2 Å². The Labute approximate surface area is 131 Å². The molecule has 0 amide bonds. The van der Waals surface area contributed by atoms with Crippen molar-refractivity contribution in [2.45, 2.75) is 53.2 Å². The Hall–Kier alpha value is -1.39. The number of aryl methyl sites for hydroxylation is 3. The second-order valence-corrected chi connectivity index (χ2v) is 6.68. The third-order valence-electron chi connectivity index (χ3n) is 3.23. The molecule has 1 aromatic heterocycles. The summed E-state index contributed by atoms with van der Waals surface area (Å²) in [5.41, 5.74) is 9.60. The topological polar surface area (TPSA) is 48.1 Å². The smallest absolute Gasteiger partial charge is 0.140 e.